The van der Waals surface area contributed by atoms with Crippen molar-refractivity contribution < 1.29 is 4.79 Å². The average Bonchev–Trinajstić information content (AvgIpc) is 2.87. The summed E-state index contributed by atoms with van der Waals surface area (Å²) in [5.41, 5.74) is 7.51. The Labute approximate surface area is 207 Å². The van der Waals surface area contributed by atoms with E-state index in [4.69, 9.17) is 5.73 Å². The Hall–Kier alpha value is -2.17. The Morgan fingerprint density at radius 3 is 1.85 bits per heavy atom. The Bertz CT molecular complexity index is 776. The molecule has 3 N–H and O–H groups in total. The van der Waals surface area contributed by atoms with Crippen LogP contribution < -0.4 is 11.1 Å². The van der Waals surface area contributed by atoms with Crippen molar-refractivity contribution in [1.82, 2.24) is 10.2 Å². The SMILES string of the molecule is CCNCCCCCCCCCN1CCC(C(C(N)=O)(c2ccccc2)c2ccccc2)CC1. The lowest BCUT2D eigenvalue weighted by molar-refractivity contribution is -0.124. The van der Waals surface area contributed by atoms with Crippen LogP contribution in [0.1, 0.15) is 75.8 Å². The molecule has 4 heteroatoms. The van der Waals surface area contributed by atoms with Crippen LogP contribution in [0.2, 0.25) is 0 Å². The normalized spacial score (nSPS) is 15.4. The van der Waals surface area contributed by atoms with Crippen LogP contribution in [-0.4, -0.2) is 43.5 Å². The molecule has 0 unspecified atom stereocenters. The number of carbonyl (C=O) groups excluding carboxylic acids is 1. The van der Waals surface area contributed by atoms with Gasteiger partial charge >= 0.3 is 0 Å². The summed E-state index contributed by atoms with van der Waals surface area (Å²) in [4.78, 5) is 15.8. The van der Waals surface area contributed by atoms with Crippen LogP contribution in [0, 0.1) is 5.92 Å². The van der Waals surface area contributed by atoms with E-state index in [2.05, 4.69) is 41.4 Å². The molecule has 34 heavy (non-hydrogen) atoms. The molecule has 1 aliphatic rings. The highest BCUT2D eigenvalue weighted by atomic mass is 16.1. The fraction of sp³-hybridized carbons (Fsp3) is 0.567. The second-order valence-electron chi connectivity index (χ2n) is 9.85. The number of hydrogen-bond donors (Lipinski definition) is 2. The molecular formula is C30H45N3O. The molecule has 0 spiro atoms. The molecule has 0 bridgehead atoms. The minimum absolute atomic E-state index is 0.216. The van der Waals surface area contributed by atoms with Crippen LogP contribution in [0.3, 0.4) is 0 Å². The van der Waals surface area contributed by atoms with Crippen LogP contribution in [0.5, 0.6) is 0 Å². The highest BCUT2D eigenvalue weighted by Gasteiger charge is 2.47. The standard InChI is InChI=1S/C30H45N3O/c1-2-32-22-14-6-4-3-5-7-15-23-33-24-20-28(21-25-33)30(29(31)34,26-16-10-8-11-17-26)27-18-12-9-13-19-27/h8-13,16-19,28,32H,2-7,14-15,20-25H2,1H3,(H2,31,34). The summed E-state index contributed by atoms with van der Waals surface area (Å²) in [5.74, 6) is -0.0120. The van der Waals surface area contributed by atoms with E-state index in [9.17, 15) is 4.79 Å². The van der Waals surface area contributed by atoms with Gasteiger partial charge in [-0.15, -0.1) is 0 Å². The van der Waals surface area contributed by atoms with Crippen LogP contribution in [0.4, 0.5) is 0 Å². The maximum atomic E-state index is 13.2. The molecule has 0 aromatic heterocycles. The first-order valence-corrected chi connectivity index (χ1v) is 13.5. The van der Waals surface area contributed by atoms with E-state index in [0.29, 0.717) is 0 Å². The summed E-state index contributed by atoms with van der Waals surface area (Å²) in [7, 11) is 0. The Kier molecular flexibility index (Phi) is 11.1. The Morgan fingerprint density at radius 1 is 0.853 bits per heavy atom. The largest absolute Gasteiger partial charge is 0.369 e. The van der Waals surface area contributed by atoms with Crippen molar-refractivity contribution in [2.24, 2.45) is 11.7 Å². The highest BCUT2D eigenvalue weighted by molar-refractivity contribution is 5.91. The summed E-state index contributed by atoms with van der Waals surface area (Å²) in [6.07, 6.45) is 11.3. The first kappa shape index (κ1) is 26.4. The summed E-state index contributed by atoms with van der Waals surface area (Å²) in [5, 5.41) is 3.40. The molecule has 3 rings (SSSR count). The minimum atomic E-state index is -0.763. The highest BCUT2D eigenvalue weighted by Crippen LogP contribution is 2.44. The molecule has 2 aromatic rings. The number of nitrogens with one attached hydrogen (secondary N) is 1. The molecule has 1 fully saturated rings. The Balaban J connectivity index is 1.50. The van der Waals surface area contributed by atoms with Crippen molar-refractivity contribution in [3.63, 3.8) is 0 Å². The molecule has 1 heterocycles. The Morgan fingerprint density at radius 2 is 1.35 bits per heavy atom. The van der Waals surface area contributed by atoms with Crippen LogP contribution >= 0.6 is 0 Å². The lowest BCUT2D eigenvalue weighted by Crippen LogP contribution is -2.51. The molecule has 0 aliphatic carbocycles. The van der Waals surface area contributed by atoms with Crippen molar-refractivity contribution in [3.05, 3.63) is 71.8 Å². The average molecular weight is 464 g/mol. The van der Waals surface area contributed by atoms with Crippen molar-refractivity contribution in [1.29, 1.82) is 0 Å². The van der Waals surface area contributed by atoms with Gasteiger partial charge in [0.15, 0.2) is 0 Å². The number of amides is 1. The molecule has 4 nitrogen and oxygen atoms in total. The molecule has 186 valence electrons. The zero-order valence-corrected chi connectivity index (χ0v) is 21.2. The summed E-state index contributed by atoms with van der Waals surface area (Å²) in [6, 6.07) is 20.4. The van der Waals surface area contributed by atoms with E-state index in [1.807, 2.05) is 36.4 Å². The van der Waals surface area contributed by atoms with Gasteiger partial charge in [0, 0.05) is 0 Å². The first-order chi connectivity index (χ1) is 16.7. The number of unbranched alkanes of at least 4 members (excludes halogenated alkanes) is 6. The third-order valence-corrected chi connectivity index (χ3v) is 7.62. The van der Waals surface area contributed by atoms with Gasteiger partial charge in [0.1, 0.15) is 5.41 Å². The van der Waals surface area contributed by atoms with Gasteiger partial charge in [-0.2, -0.15) is 0 Å². The summed E-state index contributed by atoms with van der Waals surface area (Å²) in [6.45, 7) is 7.68. The lowest BCUT2D eigenvalue weighted by atomic mass is 9.62. The van der Waals surface area contributed by atoms with Crippen molar-refractivity contribution in [2.75, 3.05) is 32.7 Å². The fourth-order valence-corrected chi connectivity index (χ4v) is 5.76. The first-order valence-electron chi connectivity index (χ1n) is 13.5. The van der Waals surface area contributed by atoms with Gasteiger partial charge in [-0.05, 0) is 75.5 Å². The van der Waals surface area contributed by atoms with Crippen LogP contribution in [-0.2, 0) is 10.2 Å². The molecule has 2 aromatic carbocycles. The molecule has 1 aliphatic heterocycles. The van der Waals surface area contributed by atoms with E-state index >= 15 is 0 Å². The molecule has 0 atom stereocenters. The predicted molar refractivity (Wildman–Crippen MR) is 143 cm³/mol. The fourth-order valence-electron chi connectivity index (χ4n) is 5.76. The van der Waals surface area contributed by atoms with E-state index in [-0.39, 0.29) is 11.8 Å². The predicted octanol–water partition coefficient (Wildman–Crippen LogP) is 5.51. The number of carbonyl (C=O) groups is 1. The van der Waals surface area contributed by atoms with Crippen molar-refractivity contribution in [3.8, 4) is 0 Å². The van der Waals surface area contributed by atoms with Gasteiger partial charge in [0.2, 0.25) is 5.91 Å². The zero-order chi connectivity index (χ0) is 24.1. The summed E-state index contributed by atoms with van der Waals surface area (Å²) >= 11 is 0. The third-order valence-electron chi connectivity index (χ3n) is 7.62. The van der Waals surface area contributed by atoms with Gasteiger partial charge in [0.05, 0.1) is 0 Å². The van der Waals surface area contributed by atoms with E-state index in [0.717, 1.165) is 50.1 Å². The van der Waals surface area contributed by atoms with E-state index in [1.54, 1.807) is 0 Å². The molecule has 1 saturated heterocycles. The number of rotatable bonds is 15. The van der Waals surface area contributed by atoms with Crippen molar-refractivity contribution >= 4 is 5.91 Å². The number of likely N-dealkylation sites (tertiary alicyclic amines) is 1. The van der Waals surface area contributed by atoms with Crippen molar-refractivity contribution in [2.45, 2.75) is 70.1 Å². The molecule has 0 saturated carbocycles. The number of primary amides is 1. The number of benzene rings is 2. The number of hydrogen-bond acceptors (Lipinski definition) is 3. The smallest absolute Gasteiger partial charge is 0.232 e. The van der Waals surface area contributed by atoms with Crippen LogP contribution in [0.15, 0.2) is 60.7 Å². The topological polar surface area (TPSA) is 58.4 Å². The maximum absolute atomic E-state index is 13.2. The summed E-state index contributed by atoms with van der Waals surface area (Å²) < 4.78 is 0. The van der Waals surface area contributed by atoms with Gasteiger partial charge in [-0.1, -0.05) is 99.7 Å². The molecule has 0 radical (unpaired) electrons. The second-order valence-corrected chi connectivity index (χ2v) is 9.85. The van der Waals surface area contributed by atoms with Gasteiger partial charge in [-0.25, -0.2) is 0 Å². The third kappa shape index (κ3) is 6.93. The number of nitrogens with two attached hydrogens (primary N) is 1. The number of piperidine rings is 1. The van der Waals surface area contributed by atoms with Gasteiger partial charge in [-0.3, -0.25) is 4.79 Å². The monoisotopic (exact) mass is 463 g/mol. The van der Waals surface area contributed by atoms with E-state index in [1.165, 1.54) is 51.5 Å². The van der Waals surface area contributed by atoms with Crippen LogP contribution in [0.25, 0.3) is 0 Å². The second kappa shape index (κ2) is 14.3. The minimum Gasteiger partial charge on any atom is -0.369 e. The zero-order valence-electron chi connectivity index (χ0n) is 21.2. The molecular weight excluding hydrogens is 418 g/mol. The lowest BCUT2D eigenvalue weighted by Gasteiger charge is -2.43. The maximum Gasteiger partial charge on any atom is 0.232 e. The molecule has 1 amide bonds. The number of nitrogens with zero attached hydrogens (tertiary/aromatic N) is 1. The van der Waals surface area contributed by atoms with Gasteiger partial charge < -0.3 is 16.0 Å². The quantitative estimate of drug-likeness (QED) is 0.342. The van der Waals surface area contributed by atoms with Gasteiger partial charge in [0.25, 0.3) is 0 Å². The van der Waals surface area contributed by atoms with E-state index < -0.39 is 5.41 Å².